The molecule has 1 aromatic carbocycles. The number of benzene rings is 1. The van der Waals surface area contributed by atoms with Crippen molar-refractivity contribution in [3.05, 3.63) is 24.3 Å². The summed E-state index contributed by atoms with van der Waals surface area (Å²) in [5.74, 6) is 1.05. The van der Waals surface area contributed by atoms with Crippen LogP contribution in [0, 0.1) is 0 Å². The summed E-state index contributed by atoms with van der Waals surface area (Å²) >= 11 is 3.47. The molecule has 0 radical (unpaired) electrons. The standard InChI is InChI=1S/C14H20BrN3/c1-17(11-7-3-6-10-15)14-16-12-8-4-5-9-13(12)18(14)2/h4-5,8-9H,3,6-7,10-11H2,1-2H3. The zero-order valence-electron chi connectivity index (χ0n) is 11.1. The van der Waals surface area contributed by atoms with Crippen LogP contribution in [-0.4, -0.2) is 28.5 Å². The van der Waals surface area contributed by atoms with Gasteiger partial charge in [-0.05, 0) is 25.0 Å². The third-order valence-corrected chi connectivity index (χ3v) is 3.79. The van der Waals surface area contributed by atoms with E-state index in [2.05, 4.69) is 57.7 Å². The molecule has 0 saturated heterocycles. The Morgan fingerprint density at radius 1 is 1.22 bits per heavy atom. The zero-order valence-corrected chi connectivity index (χ0v) is 12.7. The van der Waals surface area contributed by atoms with E-state index in [1.165, 1.54) is 24.8 Å². The molecule has 0 aliphatic rings. The van der Waals surface area contributed by atoms with Gasteiger partial charge in [0.2, 0.25) is 5.95 Å². The van der Waals surface area contributed by atoms with Gasteiger partial charge < -0.3 is 9.47 Å². The topological polar surface area (TPSA) is 21.1 Å². The number of fused-ring (bicyclic) bond motifs is 1. The Hall–Kier alpha value is -1.03. The summed E-state index contributed by atoms with van der Waals surface area (Å²) in [5, 5.41) is 1.10. The quantitative estimate of drug-likeness (QED) is 0.601. The van der Waals surface area contributed by atoms with Crippen molar-refractivity contribution in [1.82, 2.24) is 9.55 Å². The van der Waals surface area contributed by atoms with Gasteiger partial charge in [0.25, 0.3) is 0 Å². The van der Waals surface area contributed by atoms with Crippen LogP contribution in [0.5, 0.6) is 0 Å². The van der Waals surface area contributed by atoms with Crippen LogP contribution in [0.3, 0.4) is 0 Å². The molecule has 0 aliphatic carbocycles. The highest BCUT2D eigenvalue weighted by Gasteiger charge is 2.10. The molecule has 0 N–H and O–H groups in total. The number of hydrogen-bond donors (Lipinski definition) is 0. The summed E-state index contributed by atoms with van der Waals surface area (Å²) in [6, 6.07) is 8.28. The molecule has 1 heterocycles. The predicted molar refractivity (Wildman–Crippen MR) is 81.6 cm³/mol. The number of halogens is 1. The van der Waals surface area contributed by atoms with Crippen LogP contribution in [0.1, 0.15) is 19.3 Å². The lowest BCUT2D eigenvalue weighted by Crippen LogP contribution is -2.21. The Morgan fingerprint density at radius 3 is 2.72 bits per heavy atom. The molecule has 98 valence electrons. The summed E-state index contributed by atoms with van der Waals surface area (Å²) in [5.41, 5.74) is 2.27. The number of hydrogen-bond acceptors (Lipinski definition) is 2. The second-order valence-electron chi connectivity index (χ2n) is 4.63. The summed E-state index contributed by atoms with van der Waals surface area (Å²) in [6.45, 7) is 1.06. The van der Waals surface area contributed by atoms with Gasteiger partial charge in [0.15, 0.2) is 0 Å². The highest BCUT2D eigenvalue weighted by atomic mass is 79.9. The maximum Gasteiger partial charge on any atom is 0.206 e. The van der Waals surface area contributed by atoms with Crippen molar-refractivity contribution >= 4 is 32.9 Å². The number of aromatic nitrogens is 2. The average molecular weight is 310 g/mol. The van der Waals surface area contributed by atoms with Crippen LogP contribution in [0.4, 0.5) is 5.95 Å². The maximum absolute atomic E-state index is 4.69. The number of rotatable bonds is 6. The van der Waals surface area contributed by atoms with E-state index in [9.17, 15) is 0 Å². The average Bonchev–Trinajstić information content (AvgIpc) is 2.73. The minimum Gasteiger partial charge on any atom is -0.345 e. The van der Waals surface area contributed by atoms with Gasteiger partial charge in [-0.2, -0.15) is 0 Å². The van der Waals surface area contributed by atoms with Crippen molar-refractivity contribution in [2.75, 3.05) is 23.8 Å². The summed E-state index contributed by atoms with van der Waals surface area (Å²) < 4.78 is 2.17. The van der Waals surface area contributed by atoms with Gasteiger partial charge in [-0.15, -0.1) is 0 Å². The largest absolute Gasteiger partial charge is 0.345 e. The predicted octanol–water partition coefficient (Wildman–Crippen LogP) is 3.57. The van der Waals surface area contributed by atoms with Crippen molar-refractivity contribution in [2.24, 2.45) is 7.05 Å². The fourth-order valence-electron chi connectivity index (χ4n) is 2.19. The molecule has 0 amide bonds. The molecule has 4 heteroatoms. The minimum atomic E-state index is 1.05. The molecular weight excluding hydrogens is 290 g/mol. The van der Waals surface area contributed by atoms with Crippen LogP contribution in [-0.2, 0) is 7.05 Å². The molecule has 0 spiro atoms. The fraction of sp³-hybridized carbons (Fsp3) is 0.500. The third-order valence-electron chi connectivity index (χ3n) is 3.23. The molecule has 1 aromatic heterocycles. The monoisotopic (exact) mass is 309 g/mol. The van der Waals surface area contributed by atoms with Gasteiger partial charge in [0, 0.05) is 26.0 Å². The Balaban J connectivity index is 2.08. The number of unbranched alkanes of at least 4 members (excludes halogenated alkanes) is 2. The summed E-state index contributed by atoms with van der Waals surface area (Å²) in [4.78, 5) is 6.93. The zero-order chi connectivity index (χ0) is 13.0. The number of anilines is 1. The van der Waals surface area contributed by atoms with E-state index < -0.39 is 0 Å². The van der Waals surface area contributed by atoms with Crippen molar-refractivity contribution in [1.29, 1.82) is 0 Å². The van der Waals surface area contributed by atoms with Gasteiger partial charge in [-0.3, -0.25) is 0 Å². The molecule has 2 rings (SSSR count). The molecule has 18 heavy (non-hydrogen) atoms. The van der Waals surface area contributed by atoms with E-state index in [1.807, 2.05) is 6.07 Å². The van der Waals surface area contributed by atoms with Crippen LogP contribution in [0.2, 0.25) is 0 Å². The lowest BCUT2D eigenvalue weighted by atomic mass is 10.2. The van der Waals surface area contributed by atoms with Gasteiger partial charge in [-0.1, -0.05) is 34.5 Å². The highest BCUT2D eigenvalue weighted by molar-refractivity contribution is 9.09. The minimum absolute atomic E-state index is 1.05. The van der Waals surface area contributed by atoms with E-state index in [4.69, 9.17) is 4.98 Å². The van der Waals surface area contributed by atoms with Crippen molar-refractivity contribution < 1.29 is 0 Å². The highest BCUT2D eigenvalue weighted by Crippen LogP contribution is 2.20. The number of imidazole rings is 1. The van der Waals surface area contributed by atoms with E-state index in [0.717, 1.165) is 23.3 Å². The molecule has 0 unspecified atom stereocenters. The van der Waals surface area contributed by atoms with Gasteiger partial charge in [0.1, 0.15) is 0 Å². The Labute approximate surface area is 117 Å². The lowest BCUT2D eigenvalue weighted by molar-refractivity contribution is 0.694. The van der Waals surface area contributed by atoms with E-state index in [0.29, 0.717) is 0 Å². The molecule has 3 nitrogen and oxygen atoms in total. The first kappa shape index (κ1) is 13.4. The fourth-order valence-corrected chi connectivity index (χ4v) is 2.59. The number of nitrogens with zero attached hydrogens (tertiary/aromatic N) is 3. The van der Waals surface area contributed by atoms with Crippen molar-refractivity contribution in [3.63, 3.8) is 0 Å². The Morgan fingerprint density at radius 2 is 2.00 bits per heavy atom. The second-order valence-corrected chi connectivity index (χ2v) is 5.42. The van der Waals surface area contributed by atoms with Crippen molar-refractivity contribution in [2.45, 2.75) is 19.3 Å². The SMILES string of the molecule is CN(CCCCCBr)c1nc2ccccc2n1C. The first-order valence-electron chi connectivity index (χ1n) is 6.42. The molecule has 0 saturated carbocycles. The first-order valence-corrected chi connectivity index (χ1v) is 7.54. The summed E-state index contributed by atoms with van der Waals surface area (Å²) in [7, 11) is 4.20. The number of para-hydroxylation sites is 2. The van der Waals surface area contributed by atoms with Crippen LogP contribution < -0.4 is 4.90 Å². The molecular formula is C14H20BrN3. The van der Waals surface area contributed by atoms with E-state index in [1.54, 1.807) is 0 Å². The molecule has 0 bridgehead atoms. The maximum atomic E-state index is 4.69. The number of alkyl halides is 1. The normalized spacial score (nSPS) is 11.1. The van der Waals surface area contributed by atoms with Crippen LogP contribution >= 0.6 is 15.9 Å². The third kappa shape index (κ3) is 2.86. The van der Waals surface area contributed by atoms with Gasteiger partial charge in [-0.25, -0.2) is 4.98 Å². The van der Waals surface area contributed by atoms with Crippen LogP contribution in [0.25, 0.3) is 11.0 Å². The Kier molecular flexibility index (Phi) is 4.64. The Bertz CT molecular complexity index is 507. The summed E-state index contributed by atoms with van der Waals surface area (Å²) in [6.07, 6.45) is 3.72. The van der Waals surface area contributed by atoms with Gasteiger partial charge in [0.05, 0.1) is 11.0 Å². The van der Waals surface area contributed by atoms with Crippen molar-refractivity contribution in [3.8, 4) is 0 Å². The second kappa shape index (κ2) is 6.23. The molecule has 0 aliphatic heterocycles. The molecule has 0 fully saturated rings. The smallest absolute Gasteiger partial charge is 0.206 e. The van der Waals surface area contributed by atoms with Gasteiger partial charge >= 0.3 is 0 Å². The van der Waals surface area contributed by atoms with Crippen LogP contribution in [0.15, 0.2) is 24.3 Å². The van der Waals surface area contributed by atoms with E-state index >= 15 is 0 Å². The number of aryl methyl sites for hydroxylation is 1. The lowest BCUT2D eigenvalue weighted by Gasteiger charge is -2.17. The van der Waals surface area contributed by atoms with E-state index in [-0.39, 0.29) is 0 Å². The molecule has 0 atom stereocenters. The molecule has 2 aromatic rings. The first-order chi connectivity index (χ1) is 8.74.